The van der Waals surface area contributed by atoms with E-state index in [0.29, 0.717) is 10.6 Å². The molecule has 0 unspecified atom stereocenters. The molecule has 0 saturated carbocycles. The van der Waals surface area contributed by atoms with Gasteiger partial charge in [-0.05, 0) is 42.0 Å². The van der Waals surface area contributed by atoms with E-state index in [0.717, 1.165) is 27.9 Å². The van der Waals surface area contributed by atoms with Crippen molar-refractivity contribution >= 4 is 23.4 Å². The van der Waals surface area contributed by atoms with Crippen molar-refractivity contribution in [1.82, 2.24) is 14.8 Å². The van der Waals surface area contributed by atoms with Gasteiger partial charge in [-0.15, -0.1) is 10.2 Å². The molecule has 0 saturated heterocycles. The topological polar surface area (TPSA) is 54.5 Å². The van der Waals surface area contributed by atoms with E-state index in [9.17, 15) is 0 Å². The van der Waals surface area contributed by atoms with Gasteiger partial charge in [-0.1, -0.05) is 35.5 Å². The number of rotatable bonds is 4. The van der Waals surface area contributed by atoms with E-state index in [1.807, 2.05) is 54.1 Å². The first-order chi connectivity index (χ1) is 11.2. The fourth-order valence-corrected chi connectivity index (χ4v) is 3.15. The Morgan fingerprint density at radius 1 is 1.17 bits per heavy atom. The Labute approximate surface area is 143 Å². The summed E-state index contributed by atoms with van der Waals surface area (Å²) >= 11 is 7.51. The number of aromatic nitrogens is 3. The molecule has 3 rings (SSSR count). The van der Waals surface area contributed by atoms with E-state index >= 15 is 0 Å². The number of halogens is 1. The van der Waals surface area contributed by atoms with Crippen LogP contribution in [0.5, 0.6) is 0 Å². The molecule has 0 aliphatic carbocycles. The molecule has 23 heavy (non-hydrogen) atoms. The Balaban J connectivity index is 1.77. The molecule has 0 amide bonds. The van der Waals surface area contributed by atoms with Crippen molar-refractivity contribution in [1.29, 1.82) is 5.26 Å². The first-order valence-corrected chi connectivity index (χ1v) is 8.31. The summed E-state index contributed by atoms with van der Waals surface area (Å²) in [4.78, 5) is 0. The van der Waals surface area contributed by atoms with Gasteiger partial charge in [-0.25, -0.2) is 0 Å². The van der Waals surface area contributed by atoms with Gasteiger partial charge >= 0.3 is 0 Å². The molecule has 0 aliphatic rings. The Morgan fingerprint density at radius 2 is 1.96 bits per heavy atom. The third-order valence-corrected chi connectivity index (χ3v) is 4.70. The predicted molar refractivity (Wildman–Crippen MR) is 92.2 cm³/mol. The van der Waals surface area contributed by atoms with Crippen molar-refractivity contribution in [2.75, 3.05) is 0 Å². The summed E-state index contributed by atoms with van der Waals surface area (Å²) in [6.45, 7) is 0. The quantitative estimate of drug-likeness (QED) is 0.664. The fraction of sp³-hybridized carbons (Fsp3) is 0.118. The SMILES string of the molecule is Cn1c(SCc2cccc(C#N)c2)nnc1-c1ccc(Cl)cc1. The van der Waals surface area contributed by atoms with Crippen LogP contribution in [0.3, 0.4) is 0 Å². The zero-order valence-corrected chi connectivity index (χ0v) is 14.0. The minimum atomic E-state index is 0.669. The largest absolute Gasteiger partial charge is 0.305 e. The first-order valence-electron chi connectivity index (χ1n) is 6.94. The van der Waals surface area contributed by atoms with Crippen molar-refractivity contribution in [2.45, 2.75) is 10.9 Å². The maximum absolute atomic E-state index is 8.95. The van der Waals surface area contributed by atoms with Gasteiger partial charge in [0.15, 0.2) is 11.0 Å². The van der Waals surface area contributed by atoms with Crippen LogP contribution in [0.25, 0.3) is 11.4 Å². The Kier molecular flexibility index (Phi) is 4.65. The average Bonchev–Trinajstić information content (AvgIpc) is 2.95. The second-order valence-corrected chi connectivity index (χ2v) is 6.35. The molecule has 4 nitrogen and oxygen atoms in total. The third kappa shape index (κ3) is 3.55. The molecular weight excluding hydrogens is 328 g/mol. The molecule has 6 heteroatoms. The van der Waals surface area contributed by atoms with Crippen molar-refractivity contribution in [3.8, 4) is 17.5 Å². The molecule has 0 aliphatic heterocycles. The molecule has 0 radical (unpaired) electrons. The van der Waals surface area contributed by atoms with E-state index in [1.165, 1.54) is 0 Å². The van der Waals surface area contributed by atoms with Crippen LogP contribution >= 0.6 is 23.4 Å². The lowest BCUT2D eigenvalue weighted by Crippen LogP contribution is -1.95. The molecule has 2 aromatic carbocycles. The number of nitrogens with zero attached hydrogens (tertiary/aromatic N) is 4. The summed E-state index contributed by atoms with van der Waals surface area (Å²) in [5, 5.41) is 19.0. The van der Waals surface area contributed by atoms with E-state index in [4.69, 9.17) is 16.9 Å². The highest BCUT2D eigenvalue weighted by Crippen LogP contribution is 2.26. The smallest absolute Gasteiger partial charge is 0.191 e. The fourth-order valence-electron chi connectivity index (χ4n) is 2.17. The van der Waals surface area contributed by atoms with Gasteiger partial charge in [0.1, 0.15) is 0 Å². The minimum Gasteiger partial charge on any atom is -0.305 e. The van der Waals surface area contributed by atoms with Crippen LogP contribution in [0.15, 0.2) is 53.7 Å². The number of hydrogen-bond donors (Lipinski definition) is 0. The summed E-state index contributed by atoms with van der Waals surface area (Å²) in [5.74, 6) is 1.54. The van der Waals surface area contributed by atoms with Crippen molar-refractivity contribution in [2.24, 2.45) is 7.05 Å². The maximum atomic E-state index is 8.95. The zero-order chi connectivity index (χ0) is 16.2. The first kappa shape index (κ1) is 15.6. The summed E-state index contributed by atoms with van der Waals surface area (Å²) < 4.78 is 1.96. The standard InChI is InChI=1S/C17H13ClN4S/c1-22-16(14-5-7-15(18)8-6-14)20-21-17(22)23-11-13-4-2-3-12(9-13)10-19/h2-9H,11H2,1H3. The monoisotopic (exact) mass is 340 g/mol. The Morgan fingerprint density at radius 3 is 2.70 bits per heavy atom. The summed E-state index contributed by atoms with van der Waals surface area (Å²) in [6, 6.07) is 17.3. The summed E-state index contributed by atoms with van der Waals surface area (Å²) in [6.07, 6.45) is 0. The van der Waals surface area contributed by atoms with Crippen LogP contribution in [-0.2, 0) is 12.8 Å². The van der Waals surface area contributed by atoms with Crippen molar-refractivity contribution in [3.05, 3.63) is 64.7 Å². The zero-order valence-electron chi connectivity index (χ0n) is 12.4. The van der Waals surface area contributed by atoms with E-state index in [1.54, 1.807) is 17.8 Å². The van der Waals surface area contributed by atoms with Crippen LogP contribution in [-0.4, -0.2) is 14.8 Å². The predicted octanol–water partition coefficient (Wildman–Crippen LogP) is 4.30. The summed E-state index contributed by atoms with van der Waals surface area (Å²) in [7, 11) is 1.94. The van der Waals surface area contributed by atoms with Gasteiger partial charge in [0, 0.05) is 23.4 Å². The molecule has 0 N–H and O–H groups in total. The minimum absolute atomic E-state index is 0.669. The highest BCUT2D eigenvalue weighted by Gasteiger charge is 2.11. The normalized spacial score (nSPS) is 10.5. The average molecular weight is 341 g/mol. The molecule has 114 valence electrons. The Hall–Kier alpha value is -2.29. The van der Waals surface area contributed by atoms with Gasteiger partial charge in [0.25, 0.3) is 0 Å². The van der Waals surface area contributed by atoms with E-state index in [-0.39, 0.29) is 0 Å². The Bertz CT molecular complexity index is 865. The second-order valence-electron chi connectivity index (χ2n) is 4.97. The molecule has 1 heterocycles. The van der Waals surface area contributed by atoms with Crippen LogP contribution in [0.1, 0.15) is 11.1 Å². The van der Waals surface area contributed by atoms with Crippen LogP contribution in [0.2, 0.25) is 5.02 Å². The number of thioether (sulfide) groups is 1. The van der Waals surface area contributed by atoms with Gasteiger partial charge in [0.2, 0.25) is 0 Å². The van der Waals surface area contributed by atoms with Gasteiger partial charge in [0.05, 0.1) is 11.6 Å². The lowest BCUT2D eigenvalue weighted by atomic mass is 10.2. The van der Waals surface area contributed by atoms with Gasteiger partial charge < -0.3 is 4.57 Å². The van der Waals surface area contributed by atoms with Gasteiger partial charge in [-0.2, -0.15) is 5.26 Å². The third-order valence-electron chi connectivity index (χ3n) is 3.36. The highest BCUT2D eigenvalue weighted by molar-refractivity contribution is 7.98. The lowest BCUT2D eigenvalue weighted by molar-refractivity contribution is 0.794. The van der Waals surface area contributed by atoms with Crippen LogP contribution < -0.4 is 0 Å². The van der Waals surface area contributed by atoms with Gasteiger partial charge in [-0.3, -0.25) is 0 Å². The molecule has 1 aromatic heterocycles. The summed E-state index contributed by atoms with van der Waals surface area (Å²) in [5.41, 5.74) is 2.73. The molecule has 3 aromatic rings. The highest BCUT2D eigenvalue weighted by atomic mass is 35.5. The maximum Gasteiger partial charge on any atom is 0.191 e. The molecule has 0 atom stereocenters. The number of nitriles is 1. The van der Waals surface area contributed by atoms with Crippen LogP contribution in [0, 0.1) is 11.3 Å². The van der Waals surface area contributed by atoms with E-state index in [2.05, 4.69) is 16.3 Å². The number of benzene rings is 2. The molecule has 0 bridgehead atoms. The molecule has 0 fully saturated rings. The lowest BCUT2D eigenvalue weighted by Gasteiger charge is -2.04. The molecular formula is C17H13ClN4S. The van der Waals surface area contributed by atoms with Crippen LogP contribution in [0.4, 0.5) is 0 Å². The number of hydrogen-bond acceptors (Lipinski definition) is 4. The second kappa shape index (κ2) is 6.86. The van der Waals surface area contributed by atoms with E-state index < -0.39 is 0 Å². The van der Waals surface area contributed by atoms with Crippen molar-refractivity contribution in [3.63, 3.8) is 0 Å². The molecule has 0 spiro atoms. The van der Waals surface area contributed by atoms with Crippen molar-refractivity contribution < 1.29 is 0 Å².